The van der Waals surface area contributed by atoms with Gasteiger partial charge in [0.2, 0.25) is 0 Å². The van der Waals surface area contributed by atoms with Crippen molar-refractivity contribution in [1.29, 1.82) is 0 Å². The van der Waals surface area contributed by atoms with E-state index in [0.29, 0.717) is 16.1 Å². The third-order valence-electron chi connectivity index (χ3n) is 4.24. The lowest BCUT2D eigenvalue weighted by atomic mass is 9.95. The summed E-state index contributed by atoms with van der Waals surface area (Å²) >= 11 is 0. The number of rotatable bonds is 2. The van der Waals surface area contributed by atoms with E-state index in [9.17, 15) is 8.42 Å². The minimum atomic E-state index is -3.58. The quantitative estimate of drug-likeness (QED) is 0.855. The van der Waals surface area contributed by atoms with Gasteiger partial charge in [0.1, 0.15) is 5.60 Å². The number of methoxy groups -OCH3 is 1. The maximum atomic E-state index is 13.0. The number of anilines is 1. The molecule has 22 heavy (non-hydrogen) atoms. The average Bonchev–Trinajstić information content (AvgIpc) is 2.52. The number of aryl methyl sites for hydroxylation is 1. The zero-order chi connectivity index (χ0) is 16.0. The van der Waals surface area contributed by atoms with Crippen LogP contribution in [0.25, 0.3) is 0 Å². The summed E-state index contributed by atoms with van der Waals surface area (Å²) in [5, 5.41) is 0. The highest BCUT2D eigenvalue weighted by Gasteiger charge is 2.43. The molecule has 4 nitrogen and oxygen atoms in total. The van der Waals surface area contributed by atoms with Gasteiger partial charge < -0.3 is 4.74 Å². The molecule has 1 heterocycles. The highest BCUT2D eigenvalue weighted by Crippen LogP contribution is 2.40. The fourth-order valence-corrected chi connectivity index (χ4v) is 4.67. The van der Waals surface area contributed by atoms with Crippen LogP contribution in [0.3, 0.4) is 0 Å². The van der Waals surface area contributed by atoms with Gasteiger partial charge >= 0.3 is 0 Å². The Balaban J connectivity index is 2.21. The van der Waals surface area contributed by atoms with Gasteiger partial charge in [-0.3, -0.25) is 4.31 Å². The van der Waals surface area contributed by atoms with Crippen LogP contribution >= 0.6 is 0 Å². The molecule has 0 N–H and O–H groups in total. The molecule has 116 valence electrons. The molecule has 0 radical (unpaired) electrons. The molecular weight excluding hydrogens is 298 g/mol. The SMILES string of the molecule is COC1(C)CN(c2ccc(C)cc2)S(=O)(=O)c2ccccc21. The number of nitrogens with zero attached hydrogens (tertiary/aromatic N) is 1. The number of fused-ring (bicyclic) bond motifs is 1. The topological polar surface area (TPSA) is 46.6 Å². The Morgan fingerprint density at radius 3 is 2.36 bits per heavy atom. The molecule has 0 bridgehead atoms. The van der Waals surface area contributed by atoms with Crippen molar-refractivity contribution in [2.45, 2.75) is 24.3 Å². The maximum absolute atomic E-state index is 13.0. The van der Waals surface area contributed by atoms with Crippen molar-refractivity contribution in [3.05, 3.63) is 59.7 Å². The van der Waals surface area contributed by atoms with Gasteiger partial charge in [0.15, 0.2) is 0 Å². The Bertz CT molecular complexity index is 799. The predicted octanol–water partition coefficient (Wildman–Crippen LogP) is 3.07. The van der Waals surface area contributed by atoms with E-state index in [4.69, 9.17) is 4.74 Å². The molecule has 0 fully saturated rings. The fourth-order valence-electron chi connectivity index (χ4n) is 2.81. The molecule has 0 spiro atoms. The van der Waals surface area contributed by atoms with Crippen LogP contribution in [-0.4, -0.2) is 22.1 Å². The zero-order valence-electron chi connectivity index (χ0n) is 12.9. The molecule has 2 aromatic carbocycles. The van der Waals surface area contributed by atoms with Crippen molar-refractivity contribution < 1.29 is 13.2 Å². The van der Waals surface area contributed by atoms with Gasteiger partial charge in [-0.2, -0.15) is 0 Å². The van der Waals surface area contributed by atoms with E-state index in [1.165, 1.54) is 4.31 Å². The molecule has 1 aliphatic heterocycles. The lowest BCUT2D eigenvalue weighted by Crippen LogP contribution is -2.48. The van der Waals surface area contributed by atoms with Crippen LogP contribution in [0.1, 0.15) is 18.1 Å². The Labute approximate surface area is 131 Å². The summed E-state index contributed by atoms with van der Waals surface area (Å²) in [6.45, 7) is 4.15. The number of sulfonamides is 1. The smallest absolute Gasteiger partial charge is 0.264 e. The molecular formula is C17H19NO3S. The minimum absolute atomic E-state index is 0.256. The highest BCUT2D eigenvalue weighted by molar-refractivity contribution is 7.93. The van der Waals surface area contributed by atoms with Gasteiger partial charge in [0.25, 0.3) is 10.0 Å². The van der Waals surface area contributed by atoms with Crippen molar-refractivity contribution >= 4 is 15.7 Å². The molecule has 1 aliphatic rings. The molecule has 0 aromatic heterocycles. The normalized spacial score (nSPS) is 23.1. The third kappa shape index (κ3) is 2.21. The number of hydrogen-bond acceptors (Lipinski definition) is 3. The van der Waals surface area contributed by atoms with E-state index in [1.54, 1.807) is 19.2 Å². The fraction of sp³-hybridized carbons (Fsp3) is 0.294. The zero-order valence-corrected chi connectivity index (χ0v) is 13.7. The maximum Gasteiger partial charge on any atom is 0.264 e. The largest absolute Gasteiger partial charge is 0.372 e. The molecule has 2 aromatic rings. The number of hydrogen-bond donors (Lipinski definition) is 0. The van der Waals surface area contributed by atoms with E-state index in [1.807, 2.05) is 50.2 Å². The van der Waals surface area contributed by atoms with Crippen molar-refractivity contribution in [2.75, 3.05) is 18.0 Å². The predicted molar refractivity (Wildman–Crippen MR) is 86.5 cm³/mol. The van der Waals surface area contributed by atoms with Gasteiger partial charge in [-0.15, -0.1) is 0 Å². The first kappa shape index (κ1) is 15.1. The van der Waals surface area contributed by atoms with E-state index < -0.39 is 15.6 Å². The first-order valence-electron chi connectivity index (χ1n) is 7.12. The molecule has 0 amide bonds. The monoisotopic (exact) mass is 317 g/mol. The van der Waals surface area contributed by atoms with Crippen molar-refractivity contribution in [3.8, 4) is 0 Å². The third-order valence-corrected chi connectivity index (χ3v) is 6.07. The molecule has 0 aliphatic carbocycles. The molecule has 3 rings (SSSR count). The van der Waals surface area contributed by atoms with Crippen LogP contribution in [0, 0.1) is 6.92 Å². The molecule has 1 atom stereocenters. The summed E-state index contributed by atoms with van der Waals surface area (Å²) in [5.74, 6) is 0. The Hall–Kier alpha value is -1.85. The van der Waals surface area contributed by atoms with Gasteiger partial charge in [-0.1, -0.05) is 35.9 Å². The van der Waals surface area contributed by atoms with Crippen molar-refractivity contribution in [3.63, 3.8) is 0 Å². The van der Waals surface area contributed by atoms with Gasteiger partial charge in [-0.25, -0.2) is 8.42 Å². The van der Waals surface area contributed by atoms with Crippen molar-refractivity contribution in [2.24, 2.45) is 0 Å². The standard InChI is InChI=1S/C17H19NO3S/c1-13-8-10-14(11-9-13)18-12-17(2,21-3)15-6-4-5-7-16(15)22(18,19)20/h4-11H,12H2,1-3H3. The van der Waals surface area contributed by atoms with Gasteiger partial charge in [0.05, 0.1) is 17.1 Å². The van der Waals surface area contributed by atoms with Gasteiger partial charge in [0, 0.05) is 12.7 Å². The van der Waals surface area contributed by atoms with Crippen LogP contribution in [0.5, 0.6) is 0 Å². The number of ether oxygens (including phenoxy) is 1. The van der Waals surface area contributed by atoms with Crippen LogP contribution in [0.15, 0.2) is 53.4 Å². The average molecular weight is 317 g/mol. The second-order valence-electron chi connectivity index (χ2n) is 5.78. The lowest BCUT2D eigenvalue weighted by molar-refractivity contribution is 0.00679. The Morgan fingerprint density at radius 2 is 1.73 bits per heavy atom. The van der Waals surface area contributed by atoms with Crippen LogP contribution in [-0.2, 0) is 20.4 Å². The first-order valence-corrected chi connectivity index (χ1v) is 8.56. The van der Waals surface area contributed by atoms with Crippen molar-refractivity contribution in [1.82, 2.24) is 0 Å². The van der Waals surface area contributed by atoms with E-state index >= 15 is 0 Å². The molecule has 5 heteroatoms. The Morgan fingerprint density at radius 1 is 1.09 bits per heavy atom. The Kier molecular flexibility index (Phi) is 3.50. The van der Waals surface area contributed by atoms with Gasteiger partial charge in [-0.05, 0) is 32.0 Å². The first-order chi connectivity index (χ1) is 10.4. The summed E-state index contributed by atoms with van der Waals surface area (Å²) in [4.78, 5) is 0.311. The summed E-state index contributed by atoms with van der Waals surface area (Å²) in [6, 6.07) is 14.5. The lowest BCUT2D eigenvalue weighted by Gasteiger charge is -2.41. The second-order valence-corrected chi connectivity index (χ2v) is 7.61. The highest BCUT2D eigenvalue weighted by atomic mass is 32.2. The minimum Gasteiger partial charge on any atom is -0.372 e. The summed E-state index contributed by atoms with van der Waals surface area (Å²) in [5.41, 5.74) is 1.78. The molecule has 0 saturated heterocycles. The summed E-state index contributed by atoms with van der Waals surface area (Å²) in [6.07, 6.45) is 0. The van der Waals surface area contributed by atoms with E-state index in [-0.39, 0.29) is 6.54 Å². The van der Waals surface area contributed by atoms with E-state index in [2.05, 4.69) is 0 Å². The summed E-state index contributed by atoms with van der Waals surface area (Å²) < 4.78 is 33.0. The van der Waals surface area contributed by atoms with Crippen LogP contribution < -0.4 is 4.31 Å². The molecule has 0 saturated carbocycles. The summed E-state index contributed by atoms with van der Waals surface area (Å²) in [7, 11) is -1.96. The van der Waals surface area contributed by atoms with Crippen LogP contribution in [0.2, 0.25) is 0 Å². The number of benzene rings is 2. The van der Waals surface area contributed by atoms with E-state index in [0.717, 1.165) is 5.56 Å². The van der Waals surface area contributed by atoms with Crippen LogP contribution in [0.4, 0.5) is 5.69 Å². The molecule has 1 unspecified atom stereocenters. The second kappa shape index (κ2) is 5.11.